The molecule has 0 radical (unpaired) electrons. The van der Waals surface area contributed by atoms with Crippen molar-refractivity contribution in [3.05, 3.63) is 33.8 Å². The molecule has 110 valence electrons. The number of carbonyl (C=O) groups is 1. The number of hydrogen-bond acceptors (Lipinski definition) is 3. The fraction of sp³-hybridized carbons (Fsp3) is 0.500. The van der Waals surface area contributed by atoms with E-state index in [1.165, 1.54) is 0 Å². The zero-order chi connectivity index (χ0) is 14.5. The number of aliphatic hydroxyl groups excluding tert-OH is 1. The summed E-state index contributed by atoms with van der Waals surface area (Å²) in [6, 6.07) is 4.90. The van der Waals surface area contributed by atoms with Crippen molar-refractivity contribution < 1.29 is 9.90 Å². The van der Waals surface area contributed by atoms with Crippen molar-refractivity contribution in [1.82, 2.24) is 10.6 Å². The highest BCUT2D eigenvalue weighted by Gasteiger charge is 2.21. The van der Waals surface area contributed by atoms with Crippen LogP contribution in [0.3, 0.4) is 0 Å². The topological polar surface area (TPSA) is 61.4 Å². The van der Waals surface area contributed by atoms with Crippen LogP contribution >= 0.6 is 23.2 Å². The number of halogens is 2. The van der Waals surface area contributed by atoms with Gasteiger partial charge in [0, 0.05) is 22.5 Å². The van der Waals surface area contributed by atoms with Gasteiger partial charge in [-0.1, -0.05) is 23.2 Å². The highest BCUT2D eigenvalue weighted by Crippen LogP contribution is 2.23. The van der Waals surface area contributed by atoms with E-state index in [2.05, 4.69) is 10.6 Å². The van der Waals surface area contributed by atoms with Gasteiger partial charge in [0.05, 0.1) is 6.10 Å². The van der Waals surface area contributed by atoms with Crippen LogP contribution in [0.5, 0.6) is 0 Å². The molecule has 4 nitrogen and oxygen atoms in total. The molecule has 0 saturated carbocycles. The molecule has 1 heterocycles. The van der Waals surface area contributed by atoms with Crippen LogP contribution in [-0.2, 0) is 4.79 Å². The molecule has 1 aliphatic rings. The lowest BCUT2D eigenvalue weighted by molar-refractivity contribution is -0.126. The summed E-state index contributed by atoms with van der Waals surface area (Å²) in [5, 5.41) is 17.0. The molecular formula is C14H18Cl2N2O2. The van der Waals surface area contributed by atoms with Gasteiger partial charge in [0.25, 0.3) is 0 Å². The largest absolute Gasteiger partial charge is 0.387 e. The quantitative estimate of drug-likeness (QED) is 0.797. The molecule has 1 amide bonds. The van der Waals surface area contributed by atoms with Crippen LogP contribution in [0.1, 0.15) is 24.5 Å². The van der Waals surface area contributed by atoms with E-state index >= 15 is 0 Å². The Morgan fingerprint density at radius 1 is 1.30 bits per heavy atom. The Balaban J connectivity index is 1.87. The Hall–Kier alpha value is -0.810. The van der Waals surface area contributed by atoms with Crippen LogP contribution in [0.2, 0.25) is 10.0 Å². The summed E-state index contributed by atoms with van der Waals surface area (Å²) in [6.07, 6.45) is 0.868. The maximum Gasteiger partial charge on any atom is 0.223 e. The van der Waals surface area contributed by atoms with E-state index in [-0.39, 0.29) is 18.4 Å². The van der Waals surface area contributed by atoms with Crippen LogP contribution in [0.25, 0.3) is 0 Å². The van der Waals surface area contributed by atoms with E-state index in [0.29, 0.717) is 15.6 Å². The fourth-order valence-electron chi connectivity index (χ4n) is 2.31. The van der Waals surface area contributed by atoms with Gasteiger partial charge in [-0.15, -0.1) is 0 Å². The first-order valence-electron chi connectivity index (χ1n) is 6.69. The molecule has 1 atom stereocenters. The second kappa shape index (κ2) is 7.27. The Bertz CT molecular complexity index is 456. The third kappa shape index (κ3) is 4.35. The number of benzene rings is 1. The third-order valence-electron chi connectivity index (χ3n) is 3.45. The highest BCUT2D eigenvalue weighted by molar-refractivity contribution is 6.34. The predicted octanol–water partition coefficient (Wildman–Crippen LogP) is 2.14. The zero-order valence-corrected chi connectivity index (χ0v) is 12.5. The van der Waals surface area contributed by atoms with Gasteiger partial charge in [-0.05, 0) is 49.7 Å². The molecule has 1 aromatic rings. The van der Waals surface area contributed by atoms with Crippen molar-refractivity contribution in [2.75, 3.05) is 19.6 Å². The van der Waals surface area contributed by atoms with Gasteiger partial charge in [0.15, 0.2) is 0 Å². The van der Waals surface area contributed by atoms with Crippen LogP contribution in [0.15, 0.2) is 18.2 Å². The summed E-state index contributed by atoms with van der Waals surface area (Å²) in [5.74, 6) is 0.0325. The van der Waals surface area contributed by atoms with Gasteiger partial charge in [-0.3, -0.25) is 4.79 Å². The van der Waals surface area contributed by atoms with E-state index in [0.717, 1.165) is 25.9 Å². The summed E-state index contributed by atoms with van der Waals surface area (Å²) in [4.78, 5) is 12.0. The minimum Gasteiger partial charge on any atom is -0.387 e. The lowest BCUT2D eigenvalue weighted by atomic mass is 9.97. The van der Waals surface area contributed by atoms with Crippen molar-refractivity contribution in [3.8, 4) is 0 Å². The number of rotatable bonds is 4. The van der Waals surface area contributed by atoms with Gasteiger partial charge in [0.2, 0.25) is 5.91 Å². The number of hydrogen-bond donors (Lipinski definition) is 3. The number of amides is 1. The number of aliphatic hydroxyl groups is 1. The Labute approximate surface area is 128 Å². The van der Waals surface area contributed by atoms with Crippen molar-refractivity contribution in [1.29, 1.82) is 0 Å². The molecule has 2 rings (SSSR count). The molecule has 0 aliphatic carbocycles. The van der Waals surface area contributed by atoms with Crippen molar-refractivity contribution >= 4 is 29.1 Å². The van der Waals surface area contributed by atoms with Crippen molar-refractivity contribution in [2.24, 2.45) is 5.92 Å². The Morgan fingerprint density at radius 2 is 1.90 bits per heavy atom. The highest BCUT2D eigenvalue weighted by atomic mass is 35.5. The smallest absolute Gasteiger partial charge is 0.223 e. The molecule has 1 fully saturated rings. The standard InChI is InChI=1S/C14H18Cl2N2O2/c15-11-5-10(6-12(16)7-11)13(19)8-18-14(20)9-1-3-17-4-2-9/h5-7,9,13,17,19H,1-4,8H2,(H,18,20). The van der Waals surface area contributed by atoms with Gasteiger partial charge in [-0.2, -0.15) is 0 Å². The molecule has 1 saturated heterocycles. The van der Waals surface area contributed by atoms with Crippen LogP contribution in [0, 0.1) is 5.92 Å². The van der Waals surface area contributed by atoms with E-state index in [4.69, 9.17) is 23.2 Å². The number of nitrogens with one attached hydrogen (secondary N) is 2. The third-order valence-corrected chi connectivity index (χ3v) is 3.89. The monoisotopic (exact) mass is 316 g/mol. The van der Waals surface area contributed by atoms with Gasteiger partial charge in [0.1, 0.15) is 0 Å². The van der Waals surface area contributed by atoms with Crippen molar-refractivity contribution in [3.63, 3.8) is 0 Å². The number of carbonyl (C=O) groups excluding carboxylic acids is 1. The zero-order valence-electron chi connectivity index (χ0n) is 11.0. The molecule has 1 aromatic carbocycles. The molecule has 0 bridgehead atoms. The van der Waals surface area contributed by atoms with E-state index in [1.54, 1.807) is 18.2 Å². The van der Waals surface area contributed by atoms with Crippen LogP contribution < -0.4 is 10.6 Å². The molecule has 1 aliphatic heterocycles. The molecule has 6 heteroatoms. The van der Waals surface area contributed by atoms with Gasteiger partial charge >= 0.3 is 0 Å². The summed E-state index contributed by atoms with van der Waals surface area (Å²) in [7, 11) is 0. The molecule has 1 unspecified atom stereocenters. The molecule has 20 heavy (non-hydrogen) atoms. The first-order chi connectivity index (χ1) is 9.56. The van der Waals surface area contributed by atoms with E-state index in [1.807, 2.05) is 0 Å². The lowest BCUT2D eigenvalue weighted by Crippen LogP contribution is -2.39. The average molecular weight is 317 g/mol. The average Bonchev–Trinajstić information content (AvgIpc) is 2.44. The van der Waals surface area contributed by atoms with Crippen molar-refractivity contribution in [2.45, 2.75) is 18.9 Å². The molecular weight excluding hydrogens is 299 g/mol. The Morgan fingerprint density at radius 3 is 2.50 bits per heavy atom. The summed E-state index contributed by atoms with van der Waals surface area (Å²) >= 11 is 11.8. The minimum absolute atomic E-state index is 0.00123. The fourth-order valence-corrected chi connectivity index (χ4v) is 2.85. The minimum atomic E-state index is -0.808. The maximum atomic E-state index is 12.0. The SMILES string of the molecule is O=C(NCC(O)c1cc(Cl)cc(Cl)c1)C1CCNCC1. The van der Waals surface area contributed by atoms with Crippen LogP contribution in [-0.4, -0.2) is 30.6 Å². The maximum absolute atomic E-state index is 12.0. The lowest BCUT2D eigenvalue weighted by Gasteiger charge is -2.22. The van der Waals surface area contributed by atoms with E-state index in [9.17, 15) is 9.90 Å². The van der Waals surface area contributed by atoms with Gasteiger partial charge in [-0.25, -0.2) is 0 Å². The predicted molar refractivity (Wildman–Crippen MR) is 80.0 cm³/mol. The first kappa shape index (κ1) is 15.6. The molecule has 3 N–H and O–H groups in total. The number of piperidine rings is 1. The van der Waals surface area contributed by atoms with Gasteiger partial charge < -0.3 is 15.7 Å². The summed E-state index contributed by atoms with van der Waals surface area (Å²) in [5.41, 5.74) is 0.605. The first-order valence-corrected chi connectivity index (χ1v) is 7.44. The second-order valence-corrected chi connectivity index (χ2v) is 5.86. The van der Waals surface area contributed by atoms with E-state index < -0.39 is 6.10 Å². The summed E-state index contributed by atoms with van der Waals surface area (Å²) < 4.78 is 0. The van der Waals surface area contributed by atoms with Crippen LogP contribution in [0.4, 0.5) is 0 Å². The molecule has 0 aromatic heterocycles. The normalized spacial score (nSPS) is 17.8. The second-order valence-electron chi connectivity index (χ2n) is 4.99. The Kier molecular flexibility index (Phi) is 5.66. The molecule has 0 spiro atoms. The summed E-state index contributed by atoms with van der Waals surface area (Å²) in [6.45, 7) is 1.90.